The molecule has 1 heterocycles. The molecule has 0 saturated carbocycles. The number of furan rings is 1. The minimum absolute atomic E-state index is 0.193. The van der Waals surface area contributed by atoms with E-state index in [2.05, 4.69) is 5.32 Å². The van der Waals surface area contributed by atoms with Gasteiger partial charge in [0.2, 0.25) is 0 Å². The topological polar surface area (TPSA) is 82.7 Å². The molecule has 0 saturated heterocycles. The summed E-state index contributed by atoms with van der Waals surface area (Å²) in [6, 6.07) is 7.07. The highest BCUT2D eigenvalue weighted by atomic mass is 16.4. The molecular formula is C15H19NO4. The van der Waals surface area contributed by atoms with Gasteiger partial charge in [0, 0.05) is 11.9 Å². The molecule has 2 rings (SSSR count). The third-order valence-corrected chi connectivity index (χ3v) is 3.17. The van der Waals surface area contributed by atoms with Gasteiger partial charge in [-0.15, -0.1) is 0 Å². The van der Waals surface area contributed by atoms with E-state index >= 15 is 0 Å². The van der Waals surface area contributed by atoms with Gasteiger partial charge in [-0.3, -0.25) is 0 Å². The molecule has 0 aliphatic heterocycles. The smallest absolute Gasteiger partial charge is 0.339 e. The predicted octanol–water partition coefficient (Wildman–Crippen LogP) is 2.38. The summed E-state index contributed by atoms with van der Waals surface area (Å²) >= 11 is 0. The van der Waals surface area contributed by atoms with Crippen molar-refractivity contribution in [2.45, 2.75) is 32.4 Å². The second kappa shape index (κ2) is 6.54. The maximum Gasteiger partial charge on any atom is 0.339 e. The van der Waals surface area contributed by atoms with Crippen molar-refractivity contribution in [3.63, 3.8) is 0 Å². The Labute approximate surface area is 117 Å². The molecule has 108 valence electrons. The van der Waals surface area contributed by atoms with Gasteiger partial charge >= 0.3 is 5.97 Å². The first-order chi connectivity index (χ1) is 9.63. The molecule has 5 nitrogen and oxygen atoms in total. The molecular weight excluding hydrogens is 258 g/mol. The van der Waals surface area contributed by atoms with Gasteiger partial charge in [-0.1, -0.05) is 31.5 Å². The van der Waals surface area contributed by atoms with E-state index in [1.165, 1.54) is 0 Å². The maximum atomic E-state index is 11.4. The lowest BCUT2D eigenvalue weighted by atomic mass is 10.1. The standard InChI is InChI=1S/C15H19NO4/c1-2-5-10(17)8-16-9-13-14(15(18)19)11-6-3-4-7-12(11)20-13/h3-4,6-7,10,16-17H,2,5,8-9H2,1H3,(H,18,19). The van der Waals surface area contributed by atoms with Crippen molar-refractivity contribution in [3.05, 3.63) is 35.6 Å². The second-order valence-electron chi connectivity index (χ2n) is 4.77. The Morgan fingerprint density at radius 3 is 2.85 bits per heavy atom. The van der Waals surface area contributed by atoms with E-state index in [1.54, 1.807) is 24.3 Å². The Morgan fingerprint density at radius 1 is 1.40 bits per heavy atom. The Balaban J connectivity index is 2.13. The molecule has 0 bridgehead atoms. The van der Waals surface area contributed by atoms with Crippen molar-refractivity contribution in [1.82, 2.24) is 5.32 Å². The molecule has 1 aromatic heterocycles. The molecule has 1 atom stereocenters. The minimum atomic E-state index is -0.999. The fraction of sp³-hybridized carbons (Fsp3) is 0.400. The first-order valence-electron chi connectivity index (χ1n) is 6.76. The quantitative estimate of drug-likeness (QED) is 0.723. The molecule has 0 radical (unpaired) electrons. The SMILES string of the molecule is CCCC(O)CNCc1oc2ccccc2c1C(=O)O. The van der Waals surface area contributed by atoms with E-state index < -0.39 is 12.1 Å². The van der Waals surface area contributed by atoms with Crippen LogP contribution in [0.25, 0.3) is 11.0 Å². The molecule has 0 aliphatic carbocycles. The summed E-state index contributed by atoms with van der Waals surface area (Å²) in [5.74, 6) is -0.608. The summed E-state index contributed by atoms with van der Waals surface area (Å²) in [6.07, 6.45) is 1.21. The van der Waals surface area contributed by atoms with Gasteiger partial charge in [0.05, 0.1) is 12.6 Å². The monoisotopic (exact) mass is 277 g/mol. The summed E-state index contributed by atoms with van der Waals surface area (Å²) in [4.78, 5) is 11.4. The van der Waals surface area contributed by atoms with Crippen molar-refractivity contribution < 1.29 is 19.4 Å². The number of fused-ring (bicyclic) bond motifs is 1. The van der Waals surface area contributed by atoms with Crippen molar-refractivity contribution >= 4 is 16.9 Å². The van der Waals surface area contributed by atoms with Crippen molar-refractivity contribution in [3.8, 4) is 0 Å². The molecule has 0 fully saturated rings. The van der Waals surface area contributed by atoms with Crippen molar-refractivity contribution in [1.29, 1.82) is 0 Å². The number of aromatic carboxylic acids is 1. The van der Waals surface area contributed by atoms with Crippen LogP contribution < -0.4 is 5.32 Å². The predicted molar refractivity (Wildman–Crippen MR) is 75.8 cm³/mol. The van der Waals surface area contributed by atoms with Crippen LogP contribution in [0.1, 0.15) is 35.9 Å². The van der Waals surface area contributed by atoms with E-state index in [9.17, 15) is 15.0 Å². The third kappa shape index (κ3) is 3.18. The average molecular weight is 277 g/mol. The van der Waals surface area contributed by atoms with Gasteiger partial charge in [0.25, 0.3) is 0 Å². The molecule has 0 spiro atoms. The largest absolute Gasteiger partial charge is 0.478 e. The number of aliphatic hydroxyl groups excluding tert-OH is 1. The Hall–Kier alpha value is -1.85. The zero-order chi connectivity index (χ0) is 14.5. The third-order valence-electron chi connectivity index (χ3n) is 3.17. The Morgan fingerprint density at radius 2 is 2.15 bits per heavy atom. The lowest BCUT2D eigenvalue weighted by Crippen LogP contribution is -2.26. The zero-order valence-electron chi connectivity index (χ0n) is 11.4. The lowest BCUT2D eigenvalue weighted by Gasteiger charge is -2.09. The molecule has 0 aliphatic rings. The summed E-state index contributed by atoms with van der Waals surface area (Å²) in [5.41, 5.74) is 0.758. The highest BCUT2D eigenvalue weighted by Crippen LogP contribution is 2.25. The van der Waals surface area contributed by atoms with Crippen molar-refractivity contribution in [2.75, 3.05) is 6.54 Å². The van der Waals surface area contributed by atoms with Gasteiger partial charge in [-0.2, -0.15) is 0 Å². The van der Waals surface area contributed by atoms with Crippen LogP contribution in [0.5, 0.6) is 0 Å². The highest BCUT2D eigenvalue weighted by Gasteiger charge is 2.19. The molecule has 3 N–H and O–H groups in total. The molecule has 0 amide bonds. The molecule has 1 aromatic carbocycles. The van der Waals surface area contributed by atoms with Crippen LogP contribution in [0.3, 0.4) is 0 Å². The Kier molecular flexibility index (Phi) is 4.76. The molecule has 20 heavy (non-hydrogen) atoms. The summed E-state index contributed by atoms with van der Waals surface area (Å²) < 4.78 is 5.58. The lowest BCUT2D eigenvalue weighted by molar-refractivity contribution is 0.0696. The normalized spacial score (nSPS) is 12.7. The highest BCUT2D eigenvalue weighted by molar-refractivity contribution is 6.03. The van der Waals surface area contributed by atoms with Gasteiger partial charge in [-0.05, 0) is 12.5 Å². The number of aliphatic hydroxyl groups is 1. The number of para-hydroxylation sites is 1. The number of hydrogen-bond acceptors (Lipinski definition) is 4. The number of rotatable bonds is 7. The zero-order valence-corrected chi connectivity index (χ0v) is 11.4. The van der Waals surface area contributed by atoms with Crippen LogP contribution in [0.4, 0.5) is 0 Å². The van der Waals surface area contributed by atoms with Gasteiger partial charge in [0.1, 0.15) is 16.9 Å². The van der Waals surface area contributed by atoms with E-state index in [0.29, 0.717) is 23.3 Å². The summed E-state index contributed by atoms with van der Waals surface area (Å²) in [5, 5.41) is 22.6. The van der Waals surface area contributed by atoms with E-state index in [-0.39, 0.29) is 12.1 Å². The molecule has 2 aromatic rings. The first-order valence-corrected chi connectivity index (χ1v) is 6.76. The number of carboxylic acids is 1. The molecule has 5 heteroatoms. The maximum absolute atomic E-state index is 11.4. The number of nitrogens with one attached hydrogen (secondary N) is 1. The van der Waals surface area contributed by atoms with Crippen molar-refractivity contribution in [2.24, 2.45) is 0 Å². The van der Waals surface area contributed by atoms with Gasteiger partial charge in [0.15, 0.2) is 0 Å². The van der Waals surface area contributed by atoms with Gasteiger partial charge in [-0.25, -0.2) is 4.79 Å². The number of benzene rings is 1. The van der Waals surface area contributed by atoms with Crippen LogP contribution in [0, 0.1) is 0 Å². The van der Waals surface area contributed by atoms with Crippen LogP contribution in [0.2, 0.25) is 0 Å². The number of carbonyl (C=O) groups is 1. The van der Waals surface area contributed by atoms with E-state index in [1.807, 2.05) is 6.92 Å². The fourth-order valence-corrected chi connectivity index (χ4v) is 2.24. The van der Waals surface area contributed by atoms with Gasteiger partial charge < -0.3 is 19.9 Å². The van der Waals surface area contributed by atoms with E-state index in [4.69, 9.17) is 4.42 Å². The Bertz CT molecular complexity index is 591. The summed E-state index contributed by atoms with van der Waals surface area (Å²) in [6.45, 7) is 2.71. The van der Waals surface area contributed by atoms with Crippen LogP contribution in [-0.2, 0) is 6.54 Å². The van der Waals surface area contributed by atoms with Crippen LogP contribution in [0.15, 0.2) is 28.7 Å². The van der Waals surface area contributed by atoms with E-state index in [0.717, 1.165) is 12.8 Å². The number of carboxylic acid groups (broad SMARTS) is 1. The fourth-order valence-electron chi connectivity index (χ4n) is 2.24. The minimum Gasteiger partial charge on any atom is -0.478 e. The second-order valence-corrected chi connectivity index (χ2v) is 4.77. The number of hydrogen-bond donors (Lipinski definition) is 3. The first kappa shape index (κ1) is 14.6. The van der Waals surface area contributed by atoms with Crippen LogP contribution >= 0.6 is 0 Å². The van der Waals surface area contributed by atoms with Crippen LogP contribution in [-0.4, -0.2) is 28.8 Å². The summed E-state index contributed by atoms with van der Waals surface area (Å²) in [7, 11) is 0. The molecule has 1 unspecified atom stereocenters. The average Bonchev–Trinajstić information content (AvgIpc) is 2.77.